The van der Waals surface area contributed by atoms with Crippen LogP contribution in [0, 0.1) is 5.92 Å². The third-order valence-electron chi connectivity index (χ3n) is 9.01. The van der Waals surface area contributed by atoms with Crippen LogP contribution in [0.4, 0.5) is 5.69 Å². The predicted octanol–water partition coefficient (Wildman–Crippen LogP) is 11.4. The number of thiocarbonyl (C=S) groups is 1. The minimum atomic E-state index is 0.484. The SMILES string of the molecule is CCCCCC(CCCCCCN(CC(C)Cc1ccc(CC)cc1)/N=C1\SCCN1C(=S)Nc1cccc(Cl)c1)c1ccccc1. The fourth-order valence-corrected chi connectivity index (χ4v) is 7.87. The van der Waals surface area contributed by atoms with Gasteiger partial charge in [0.15, 0.2) is 10.3 Å². The lowest BCUT2D eigenvalue weighted by molar-refractivity contribution is 0.240. The number of anilines is 1. The number of hydrogen-bond acceptors (Lipinski definition) is 4. The highest BCUT2D eigenvalue weighted by molar-refractivity contribution is 8.14. The molecule has 3 aromatic carbocycles. The average Bonchev–Trinajstić information content (AvgIpc) is 3.54. The predicted molar refractivity (Wildman–Crippen MR) is 211 cm³/mol. The van der Waals surface area contributed by atoms with E-state index in [-0.39, 0.29) is 0 Å². The van der Waals surface area contributed by atoms with E-state index < -0.39 is 0 Å². The van der Waals surface area contributed by atoms with E-state index >= 15 is 0 Å². The average molecular weight is 691 g/mol. The number of nitrogens with one attached hydrogen (secondary N) is 1. The summed E-state index contributed by atoms with van der Waals surface area (Å²) < 4.78 is 0. The van der Waals surface area contributed by atoms with Gasteiger partial charge in [-0.15, -0.1) is 0 Å². The molecule has 1 heterocycles. The smallest absolute Gasteiger partial charge is 0.189 e. The van der Waals surface area contributed by atoms with Crippen LogP contribution in [0.15, 0.2) is 84.0 Å². The van der Waals surface area contributed by atoms with Crippen LogP contribution in [0.25, 0.3) is 0 Å². The van der Waals surface area contributed by atoms with E-state index in [1.807, 2.05) is 24.3 Å². The lowest BCUT2D eigenvalue weighted by Gasteiger charge is -2.26. The van der Waals surface area contributed by atoms with Crippen molar-refractivity contribution in [2.24, 2.45) is 11.0 Å². The Kier molecular flexibility index (Phi) is 16.5. The number of unbranched alkanes of at least 4 members (excludes halogenated alkanes) is 5. The second-order valence-electron chi connectivity index (χ2n) is 13.0. The molecule has 254 valence electrons. The first-order chi connectivity index (χ1) is 22.9. The lowest BCUT2D eigenvalue weighted by Crippen LogP contribution is -2.37. The van der Waals surface area contributed by atoms with Crippen LogP contribution >= 0.6 is 35.6 Å². The molecule has 0 spiro atoms. The highest BCUT2D eigenvalue weighted by atomic mass is 35.5. The Morgan fingerprint density at radius 2 is 1.64 bits per heavy atom. The summed E-state index contributed by atoms with van der Waals surface area (Å²) in [4.78, 5) is 2.14. The van der Waals surface area contributed by atoms with Crippen LogP contribution in [0.3, 0.4) is 0 Å². The Hall–Kier alpha value is -2.54. The van der Waals surface area contributed by atoms with Crippen molar-refractivity contribution in [3.05, 3.63) is 101 Å². The molecule has 1 aliphatic heterocycles. The minimum absolute atomic E-state index is 0.484. The van der Waals surface area contributed by atoms with E-state index in [1.54, 1.807) is 11.8 Å². The van der Waals surface area contributed by atoms with Gasteiger partial charge in [-0.2, -0.15) is 5.10 Å². The van der Waals surface area contributed by atoms with Gasteiger partial charge in [-0.05, 0) is 91.0 Å². The molecule has 4 nitrogen and oxygen atoms in total. The lowest BCUT2D eigenvalue weighted by atomic mass is 9.88. The second-order valence-corrected chi connectivity index (χ2v) is 14.9. The largest absolute Gasteiger partial charge is 0.332 e. The van der Waals surface area contributed by atoms with Gasteiger partial charge in [-0.1, -0.05) is 143 Å². The van der Waals surface area contributed by atoms with Crippen molar-refractivity contribution in [2.45, 2.75) is 97.3 Å². The molecular weight excluding hydrogens is 636 g/mol. The maximum atomic E-state index is 6.22. The molecule has 2 unspecified atom stereocenters. The number of aryl methyl sites for hydroxylation is 1. The Bertz CT molecular complexity index is 1360. The van der Waals surface area contributed by atoms with Crippen molar-refractivity contribution < 1.29 is 0 Å². The Morgan fingerprint density at radius 1 is 0.915 bits per heavy atom. The molecule has 2 atom stereocenters. The Morgan fingerprint density at radius 3 is 2.36 bits per heavy atom. The van der Waals surface area contributed by atoms with Gasteiger partial charge in [0.2, 0.25) is 0 Å². The third kappa shape index (κ3) is 13.1. The zero-order chi connectivity index (χ0) is 33.3. The van der Waals surface area contributed by atoms with Crippen LogP contribution in [0.1, 0.15) is 101 Å². The molecule has 3 aromatic rings. The molecule has 0 bridgehead atoms. The molecule has 1 N–H and O–H groups in total. The van der Waals surface area contributed by atoms with Gasteiger partial charge in [0.1, 0.15) is 0 Å². The Labute approximate surface area is 299 Å². The normalized spacial score (nSPS) is 15.1. The second kappa shape index (κ2) is 20.7. The maximum absolute atomic E-state index is 6.22. The van der Waals surface area contributed by atoms with Gasteiger partial charge < -0.3 is 5.32 Å². The van der Waals surface area contributed by atoms with Gasteiger partial charge >= 0.3 is 0 Å². The molecule has 4 rings (SSSR count). The van der Waals surface area contributed by atoms with E-state index in [2.05, 4.69) is 90.6 Å². The number of rotatable bonds is 19. The van der Waals surface area contributed by atoms with Crippen molar-refractivity contribution in [1.29, 1.82) is 0 Å². The fraction of sp³-hybridized carbons (Fsp3) is 0.500. The monoisotopic (exact) mass is 690 g/mol. The summed E-state index contributed by atoms with van der Waals surface area (Å²) in [6.45, 7) is 9.60. The summed E-state index contributed by atoms with van der Waals surface area (Å²) in [5, 5.41) is 13.3. The van der Waals surface area contributed by atoms with Crippen LogP contribution < -0.4 is 5.32 Å². The molecule has 0 aliphatic carbocycles. The van der Waals surface area contributed by atoms with Gasteiger partial charge in [0.25, 0.3) is 0 Å². The molecule has 0 radical (unpaired) electrons. The van der Waals surface area contributed by atoms with Crippen molar-refractivity contribution in [3.63, 3.8) is 0 Å². The van der Waals surface area contributed by atoms with E-state index in [0.29, 0.717) is 22.0 Å². The van der Waals surface area contributed by atoms with Crippen molar-refractivity contribution in [3.8, 4) is 0 Å². The maximum Gasteiger partial charge on any atom is 0.189 e. The first kappa shape index (κ1) is 37.3. The van der Waals surface area contributed by atoms with Crippen LogP contribution in [0.2, 0.25) is 5.02 Å². The fourth-order valence-electron chi connectivity index (χ4n) is 6.35. The van der Waals surface area contributed by atoms with Gasteiger partial charge in [-0.3, -0.25) is 9.91 Å². The standard InChI is InChI=1S/C40H55ClN4S2/c1-4-6-10-16-35(36-18-12-9-13-19-36)17-11-7-8-14-26-44(31-32(3)29-34-24-22-33(5-2)23-25-34)43-40-45(27-28-47-40)39(46)42-38-21-15-20-37(41)30-38/h9,12-13,15,18-25,30,32,35H,4-8,10-11,14,16-17,26-29,31H2,1-3H3,(H,42,46)/b43-40-. The van der Waals surface area contributed by atoms with Gasteiger partial charge in [-0.25, -0.2) is 0 Å². The van der Waals surface area contributed by atoms with Crippen molar-refractivity contribution >= 4 is 51.5 Å². The van der Waals surface area contributed by atoms with E-state index in [9.17, 15) is 0 Å². The number of nitrogens with zero attached hydrogens (tertiary/aromatic N) is 3. The number of benzene rings is 3. The van der Waals surface area contributed by atoms with Crippen LogP contribution in [0.5, 0.6) is 0 Å². The molecule has 1 saturated heterocycles. The zero-order valence-corrected chi connectivity index (χ0v) is 31.2. The summed E-state index contributed by atoms with van der Waals surface area (Å²) in [5.74, 6) is 2.15. The van der Waals surface area contributed by atoms with Gasteiger partial charge in [0.05, 0.1) is 0 Å². The summed E-state index contributed by atoms with van der Waals surface area (Å²) in [6, 6.07) is 28.0. The number of halogens is 1. The summed E-state index contributed by atoms with van der Waals surface area (Å²) >= 11 is 13.9. The summed E-state index contributed by atoms with van der Waals surface area (Å²) in [5.41, 5.74) is 5.22. The molecule has 7 heteroatoms. The first-order valence-electron chi connectivity index (χ1n) is 17.9. The number of amidine groups is 1. The molecule has 1 fully saturated rings. The van der Waals surface area contributed by atoms with E-state index in [0.717, 1.165) is 55.5 Å². The number of hydrazone groups is 1. The quantitative estimate of drug-likeness (QED) is 0.0768. The molecule has 0 aromatic heterocycles. The van der Waals surface area contributed by atoms with E-state index in [1.165, 1.54) is 68.1 Å². The van der Waals surface area contributed by atoms with E-state index in [4.69, 9.17) is 28.9 Å². The molecular formula is C40H55ClN4S2. The molecule has 1 aliphatic rings. The highest BCUT2D eigenvalue weighted by Crippen LogP contribution is 2.28. The first-order valence-corrected chi connectivity index (χ1v) is 19.7. The number of thioether (sulfide) groups is 1. The van der Waals surface area contributed by atoms with Crippen molar-refractivity contribution in [1.82, 2.24) is 9.91 Å². The summed E-state index contributed by atoms with van der Waals surface area (Å²) in [6.07, 6.45) is 13.6. The van der Waals surface area contributed by atoms with Gasteiger partial charge in [0, 0.05) is 36.1 Å². The van der Waals surface area contributed by atoms with Crippen LogP contribution in [-0.2, 0) is 12.8 Å². The zero-order valence-electron chi connectivity index (χ0n) is 28.8. The molecule has 0 amide bonds. The topological polar surface area (TPSA) is 30.9 Å². The number of hydrogen-bond donors (Lipinski definition) is 1. The summed E-state index contributed by atoms with van der Waals surface area (Å²) in [7, 11) is 0. The molecule has 47 heavy (non-hydrogen) atoms. The minimum Gasteiger partial charge on any atom is -0.332 e. The molecule has 0 saturated carbocycles. The highest BCUT2D eigenvalue weighted by Gasteiger charge is 2.25. The van der Waals surface area contributed by atoms with Crippen molar-refractivity contribution in [2.75, 3.05) is 30.7 Å². The Balaban J connectivity index is 1.35. The third-order valence-corrected chi connectivity index (χ3v) is 10.5. The van der Waals surface area contributed by atoms with Crippen LogP contribution in [-0.4, -0.2) is 45.6 Å².